The van der Waals surface area contributed by atoms with Crippen LogP contribution in [0.1, 0.15) is 12.8 Å². The molecule has 0 fully saturated rings. The van der Waals surface area contributed by atoms with Crippen LogP contribution in [0, 0.1) is 6.54 Å². The highest BCUT2D eigenvalue weighted by atomic mass is 15.1. The lowest BCUT2D eigenvalue weighted by Gasteiger charge is -1.94. The van der Waals surface area contributed by atoms with E-state index in [-0.39, 0.29) is 0 Å². The van der Waals surface area contributed by atoms with Gasteiger partial charge in [-0.15, -0.1) is 0 Å². The van der Waals surface area contributed by atoms with Gasteiger partial charge in [0.2, 0.25) is 0 Å². The summed E-state index contributed by atoms with van der Waals surface area (Å²) >= 11 is 0. The van der Waals surface area contributed by atoms with Crippen molar-refractivity contribution in [2.45, 2.75) is 12.8 Å². The van der Waals surface area contributed by atoms with Crippen molar-refractivity contribution in [1.82, 2.24) is 0 Å². The minimum atomic E-state index is 0.896. The molecule has 1 aliphatic heterocycles. The summed E-state index contributed by atoms with van der Waals surface area (Å²) in [5.74, 6) is 0. The molecule has 1 heterocycles. The van der Waals surface area contributed by atoms with Gasteiger partial charge in [0.05, 0.1) is 6.54 Å². The maximum absolute atomic E-state index is 3.69. The summed E-state index contributed by atoms with van der Waals surface area (Å²) in [6, 6.07) is 0. The molecule has 0 aliphatic carbocycles. The predicted molar refractivity (Wildman–Crippen MR) is 22.2 cm³/mol. The van der Waals surface area contributed by atoms with Crippen LogP contribution >= 0.6 is 0 Å². The summed E-state index contributed by atoms with van der Waals surface area (Å²) in [4.78, 5) is 0. The molecule has 0 amide bonds. The minimum absolute atomic E-state index is 0.896. The quantitative estimate of drug-likeness (QED) is 0.420. The molecule has 2 heteroatoms. The Balaban J connectivity index is 2.26. The molecule has 0 saturated carbocycles. The molecule has 2 radical (unpaired) electrons. The molecule has 6 heavy (non-hydrogen) atoms. The van der Waals surface area contributed by atoms with E-state index in [4.69, 9.17) is 0 Å². The van der Waals surface area contributed by atoms with Crippen LogP contribution < -0.4 is 0 Å². The molecule has 0 aromatic rings. The summed E-state index contributed by atoms with van der Waals surface area (Å²) in [5, 5.41) is 7.24. The normalized spacial score (nSPS) is 21.3. The molecule has 0 aromatic carbocycles. The topological polar surface area (TPSA) is 24.7 Å². The zero-order chi connectivity index (χ0) is 4.24. The van der Waals surface area contributed by atoms with Gasteiger partial charge in [-0.25, -0.2) is 0 Å². The third kappa shape index (κ3) is 0.776. The number of nitrogens with zero attached hydrogens (tertiary/aromatic N) is 2. The fourth-order valence-corrected chi connectivity index (χ4v) is 0.379. The lowest BCUT2D eigenvalue weighted by molar-refractivity contribution is 0.710. The highest BCUT2D eigenvalue weighted by Crippen LogP contribution is 2.01. The van der Waals surface area contributed by atoms with E-state index in [1.807, 2.05) is 0 Å². The van der Waals surface area contributed by atoms with Crippen molar-refractivity contribution < 1.29 is 0 Å². The Labute approximate surface area is 37.3 Å². The van der Waals surface area contributed by atoms with Crippen LogP contribution in [-0.2, 0) is 0 Å². The monoisotopic (exact) mass is 82.1 g/mol. The molecule has 2 nitrogen and oxygen atoms in total. The number of rotatable bonds is 0. The fourth-order valence-electron chi connectivity index (χ4n) is 0.379. The third-order valence-electron chi connectivity index (χ3n) is 0.688. The SMILES string of the molecule is [C]1CCCN=N1. The van der Waals surface area contributed by atoms with Crippen molar-refractivity contribution in [3.05, 3.63) is 6.54 Å². The summed E-state index contributed by atoms with van der Waals surface area (Å²) in [6.45, 7) is 3.64. The lowest BCUT2D eigenvalue weighted by atomic mass is 10.3. The Hall–Kier alpha value is -0.400. The summed E-state index contributed by atoms with van der Waals surface area (Å²) in [7, 11) is 0. The van der Waals surface area contributed by atoms with Crippen LogP contribution in [-0.4, -0.2) is 6.54 Å². The first-order chi connectivity index (χ1) is 3.00. The molecule has 0 spiro atoms. The molecule has 0 N–H and O–H groups in total. The highest BCUT2D eigenvalue weighted by Gasteiger charge is 1.91. The van der Waals surface area contributed by atoms with Crippen molar-refractivity contribution in [2.24, 2.45) is 10.2 Å². The van der Waals surface area contributed by atoms with Gasteiger partial charge in [0.25, 0.3) is 0 Å². The van der Waals surface area contributed by atoms with E-state index in [1.54, 1.807) is 0 Å². The van der Waals surface area contributed by atoms with Crippen molar-refractivity contribution in [3.63, 3.8) is 0 Å². The smallest absolute Gasteiger partial charge is 0.140 e. The minimum Gasteiger partial charge on any atom is -0.193 e. The van der Waals surface area contributed by atoms with E-state index in [0.717, 1.165) is 19.4 Å². The summed E-state index contributed by atoms with van der Waals surface area (Å²) in [6.07, 6.45) is 2.12. The molecule has 0 aromatic heterocycles. The Morgan fingerprint density at radius 2 is 2.50 bits per heavy atom. The van der Waals surface area contributed by atoms with E-state index in [0.29, 0.717) is 0 Å². The Bertz CT molecular complexity index is 50.6. The molecule has 32 valence electrons. The number of azo groups is 1. The van der Waals surface area contributed by atoms with Gasteiger partial charge in [-0.1, -0.05) is 0 Å². The van der Waals surface area contributed by atoms with Gasteiger partial charge in [-0.3, -0.25) is 0 Å². The van der Waals surface area contributed by atoms with Gasteiger partial charge in [-0.05, 0) is 12.8 Å². The summed E-state index contributed by atoms with van der Waals surface area (Å²) in [5.41, 5.74) is 0. The standard InChI is InChI=1S/C4H6N2/c1-2-4-6-5-3-1/h1-3H2. The Morgan fingerprint density at radius 3 is 2.67 bits per heavy atom. The molecule has 0 bridgehead atoms. The van der Waals surface area contributed by atoms with E-state index in [2.05, 4.69) is 16.8 Å². The zero-order valence-corrected chi connectivity index (χ0v) is 3.52. The highest BCUT2D eigenvalue weighted by molar-refractivity contribution is 4.63. The van der Waals surface area contributed by atoms with Gasteiger partial charge in [0, 0.05) is 0 Å². The number of hydrogen-bond acceptors (Lipinski definition) is 2. The second kappa shape index (κ2) is 1.90. The average molecular weight is 82.1 g/mol. The van der Waals surface area contributed by atoms with Crippen LogP contribution in [0.4, 0.5) is 0 Å². The average Bonchev–Trinajstić information content (AvgIpc) is 1.72. The largest absolute Gasteiger partial charge is 0.193 e. The van der Waals surface area contributed by atoms with E-state index >= 15 is 0 Å². The van der Waals surface area contributed by atoms with Crippen molar-refractivity contribution in [3.8, 4) is 0 Å². The lowest BCUT2D eigenvalue weighted by Crippen LogP contribution is -1.85. The van der Waals surface area contributed by atoms with Crippen LogP contribution in [0.25, 0.3) is 0 Å². The molecule has 1 aliphatic rings. The van der Waals surface area contributed by atoms with Crippen LogP contribution in [0.5, 0.6) is 0 Å². The molecular weight excluding hydrogens is 76.1 g/mol. The first kappa shape index (κ1) is 3.78. The van der Waals surface area contributed by atoms with Crippen molar-refractivity contribution in [1.29, 1.82) is 0 Å². The summed E-state index contributed by atoms with van der Waals surface area (Å²) < 4.78 is 0. The van der Waals surface area contributed by atoms with Crippen LogP contribution in [0.2, 0.25) is 0 Å². The number of hydrogen-bond donors (Lipinski definition) is 0. The molecule has 0 saturated heterocycles. The van der Waals surface area contributed by atoms with Gasteiger partial charge < -0.3 is 0 Å². The predicted octanol–water partition coefficient (Wildman–Crippen LogP) is 1.27. The van der Waals surface area contributed by atoms with Crippen LogP contribution in [0.15, 0.2) is 10.2 Å². The second-order valence-corrected chi connectivity index (χ2v) is 1.23. The van der Waals surface area contributed by atoms with Gasteiger partial charge >= 0.3 is 0 Å². The third-order valence-corrected chi connectivity index (χ3v) is 0.688. The van der Waals surface area contributed by atoms with Gasteiger partial charge in [0.1, 0.15) is 6.54 Å². The first-order valence-corrected chi connectivity index (χ1v) is 2.09. The first-order valence-electron chi connectivity index (χ1n) is 2.09. The van der Waals surface area contributed by atoms with Gasteiger partial charge in [-0.2, -0.15) is 10.2 Å². The molecular formula is C4H6N2. The molecule has 0 atom stereocenters. The van der Waals surface area contributed by atoms with Gasteiger partial charge in [0.15, 0.2) is 0 Å². The maximum Gasteiger partial charge on any atom is 0.140 e. The van der Waals surface area contributed by atoms with Crippen LogP contribution in [0.3, 0.4) is 0 Å². The molecule has 1 rings (SSSR count). The second-order valence-electron chi connectivity index (χ2n) is 1.23. The van der Waals surface area contributed by atoms with Crippen molar-refractivity contribution in [2.75, 3.05) is 6.54 Å². The Morgan fingerprint density at radius 1 is 1.50 bits per heavy atom. The van der Waals surface area contributed by atoms with E-state index in [9.17, 15) is 0 Å². The fraction of sp³-hybridized carbons (Fsp3) is 0.750. The van der Waals surface area contributed by atoms with E-state index < -0.39 is 0 Å². The maximum atomic E-state index is 3.69. The molecule has 0 unspecified atom stereocenters. The Kier molecular flexibility index (Phi) is 1.20. The van der Waals surface area contributed by atoms with Crippen molar-refractivity contribution >= 4 is 0 Å². The zero-order valence-electron chi connectivity index (χ0n) is 3.52. The van der Waals surface area contributed by atoms with E-state index in [1.165, 1.54) is 0 Å².